The van der Waals surface area contributed by atoms with Crippen molar-refractivity contribution in [1.29, 1.82) is 0 Å². The van der Waals surface area contributed by atoms with Crippen molar-refractivity contribution in [2.75, 3.05) is 11.4 Å². The molecule has 6 rings (SSSR count). The summed E-state index contributed by atoms with van der Waals surface area (Å²) in [4.78, 5) is 14.9. The van der Waals surface area contributed by atoms with Crippen LogP contribution in [0.2, 0.25) is 0 Å². The van der Waals surface area contributed by atoms with Crippen LogP contribution < -0.4 is 4.90 Å². The number of aryl methyl sites for hydroxylation is 3. The Hall–Kier alpha value is -4.00. The summed E-state index contributed by atoms with van der Waals surface area (Å²) in [5.41, 5.74) is 9.91. The normalized spacial score (nSPS) is 13.5. The van der Waals surface area contributed by atoms with Crippen LogP contribution in [-0.2, 0) is 25.8 Å². The third kappa shape index (κ3) is 4.20. The molecule has 3 aromatic heterocycles. The molecule has 1 aliphatic heterocycles. The first kappa shape index (κ1) is 25.3. The minimum atomic E-state index is -0.231. The van der Waals surface area contributed by atoms with Gasteiger partial charge in [0.05, 0.1) is 17.1 Å². The zero-order valence-corrected chi connectivity index (χ0v) is 23.3. The average molecular weight is 523 g/mol. The van der Waals surface area contributed by atoms with Crippen LogP contribution in [0.3, 0.4) is 0 Å². The lowest BCUT2D eigenvalue weighted by atomic mass is 9.96. The van der Waals surface area contributed by atoms with E-state index in [0.717, 1.165) is 70.5 Å². The van der Waals surface area contributed by atoms with Crippen LogP contribution in [-0.4, -0.2) is 31.3 Å². The summed E-state index contributed by atoms with van der Waals surface area (Å²) in [5.74, 6) is 0.838. The quantitative estimate of drug-likeness (QED) is 0.259. The average Bonchev–Trinajstić information content (AvgIpc) is 3.58. The van der Waals surface area contributed by atoms with E-state index in [1.54, 1.807) is 6.07 Å². The van der Waals surface area contributed by atoms with E-state index in [9.17, 15) is 0 Å². The SMILES string of the molecule is CCc1cccc(CC)c1-n1nc2c(c1-c1c(F)cc(C)c3[nH]ccc13)CN(c1ncc(C(C)C)cn1)CC2. The molecule has 5 aromatic rings. The molecule has 1 N–H and O–H groups in total. The molecular weight excluding hydrogens is 487 g/mol. The van der Waals surface area contributed by atoms with Gasteiger partial charge in [-0.05, 0) is 60.1 Å². The Balaban J connectivity index is 1.59. The maximum Gasteiger partial charge on any atom is 0.225 e. The third-order valence-electron chi connectivity index (χ3n) is 8.05. The topological polar surface area (TPSA) is 62.6 Å². The van der Waals surface area contributed by atoms with Crippen molar-refractivity contribution >= 4 is 16.9 Å². The summed E-state index contributed by atoms with van der Waals surface area (Å²) >= 11 is 0. The minimum Gasteiger partial charge on any atom is -0.361 e. The molecule has 200 valence electrons. The Morgan fingerprint density at radius 2 is 1.77 bits per heavy atom. The number of aromatic amines is 1. The first-order valence-electron chi connectivity index (χ1n) is 14.0. The van der Waals surface area contributed by atoms with Gasteiger partial charge < -0.3 is 9.88 Å². The molecule has 0 aliphatic carbocycles. The summed E-state index contributed by atoms with van der Waals surface area (Å²) in [6.45, 7) is 11.9. The van der Waals surface area contributed by atoms with Crippen molar-refractivity contribution in [2.45, 2.75) is 66.3 Å². The largest absolute Gasteiger partial charge is 0.361 e. The lowest BCUT2D eigenvalue weighted by Gasteiger charge is -2.27. The van der Waals surface area contributed by atoms with E-state index in [0.29, 0.717) is 24.0 Å². The van der Waals surface area contributed by atoms with Gasteiger partial charge in [0.15, 0.2) is 0 Å². The van der Waals surface area contributed by atoms with Gasteiger partial charge >= 0.3 is 0 Å². The van der Waals surface area contributed by atoms with Crippen LogP contribution in [0.5, 0.6) is 0 Å². The molecule has 0 saturated carbocycles. The first-order valence-corrected chi connectivity index (χ1v) is 14.0. The standard InChI is InChI=1S/C32H35FN6/c1-6-21-9-8-10-22(7-2)30(21)39-31(28-24-11-13-34-29(24)20(5)15-26(28)33)25-18-38(14-12-27(25)37-39)32-35-16-23(17-36-32)19(3)4/h8-11,13,15-17,19,34H,6-7,12,14,18H2,1-5H3. The van der Waals surface area contributed by atoms with Crippen molar-refractivity contribution in [3.05, 3.63) is 88.3 Å². The molecular formula is C32H35FN6. The van der Waals surface area contributed by atoms with Gasteiger partial charge in [0, 0.05) is 60.1 Å². The van der Waals surface area contributed by atoms with E-state index in [2.05, 4.69) is 55.8 Å². The minimum absolute atomic E-state index is 0.231. The highest BCUT2D eigenvalue weighted by Gasteiger charge is 2.31. The van der Waals surface area contributed by atoms with Crippen LogP contribution in [0.15, 0.2) is 48.9 Å². The first-order chi connectivity index (χ1) is 18.9. The predicted octanol–water partition coefficient (Wildman–Crippen LogP) is 7.07. The Bertz CT molecular complexity index is 1640. The van der Waals surface area contributed by atoms with Gasteiger partial charge in [0.25, 0.3) is 0 Å². The molecule has 6 nitrogen and oxygen atoms in total. The van der Waals surface area contributed by atoms with Crippen LogP contribution in [0.4, 0.5) is 10.3 Å². The highest BCUT2D eigenvalue weighted by atomic mass is 19.1. The van der Waals surface area contributed by atoms with Crippen molar-refractivity contribution in [3.63, 3.8) is 0 Å². The van der Waals surface area contributed by atoms with E-state index in [1.807, 2.05) is 36.3 Å². The molecule has 0 amide bonds. The number of para-hydroxylation sites is 1. The monoisotopic (exact) mass is 522 g/mol. The summed E-state index contributed by atoms with van der Waals surface area (Å²) in [5, 5.41) is 6.08. The molecule has 2 aromatic carbocycles. The van der Waals surface area contributed by atoms with Crippen molar-refractivity contribution in [3.8, 4) is 16.9 Å². The van der Waals surface area contributed by atoms with E-state index in [1.165, 1.54) is 11.1 Å². The lowest BCUT2D eigenvalue weighted by Crippen LogP contribution is -2.31. The Morgan fingerprint density at radius 3 is 2.44 bits per heavy atom. The smallest absolute Gasteiger partial charge is 0.225 e. The fourth-order valence-electron chi connectivity index (χ4n) is 5.85. The summed E-state index contributed by atoms with van der Waals surface area (Å²) in [7, 11) is 0. The Labute approximate surface area is 228 Å². The van der Waals surface area contributed by atoms with Crippen LogP contribution in [0.25, 0.3) is 27.8 Å². The van der Waals surface area contributed by atoms with Gasteiger partial charge in [0.2, 0.25) is 5.95 Å². The molecule has 1 aliphatic rings. The number of H-pyrrole nitrogens is 1. The number of hydrogen-bond donors (Lipinski definition) is 1. The van der Waals surface area contributed by atoms with Crippen molar-refractivity contribution in [1.82, 2.24) is 24.7 Å². The van der Waals surface area contributed by atoms with Crippen LogP contribution >= 0.6 is 0 Å². The number of nitrogens with one attached hydrogen (secondary N) is 1. The summed E-state index contributed by atoms with van der Waals surface area (Å²) < 4.78 is 18.1. The predicted molar refractivity (Wildman–Crippen MR) is 155 cm³/mol. The Morgan fingerprint density at radius 1 is 1.05 bits per heavy atom. The highest BCUT2D eigenvalue weighted by Crippen LogP contribution is 2.40. The van der Waals surface area contributed by atoms with Gasteiger partial charge in [-0.1, -0.05) is 45.9 Å². The van der Waals surface area contributed by atoms with Gasteiger partial charge in [-0.3, -0.25) is 0 Å². The maximum absolute atomic E-state index is 16.1. The molecule has 0 saturated heterocycles. The van der Waals surface area contributed by atoms with Gasteiger partial charge in [-0.25, -0.2) is 19.0 Å². The number of anilines is 1. The third-order valence-corrected chi connectivity index (χ3v) is 8.05. The van der Waals surface area contributed by atoms with E-state index >= 15 is 4.39 Å². The van der Waals surface area contributed by atoms with Crippen molar-refractivity contribution in [2.24, 2.45) is 0 Å². The van der Waals surface area contributed by atoms with Gasteiger partial charge in [0.1, 0.15) is 5.82 Å². The fraction of sp³-hybridized carbons (Fsp3) is 0.344. The lowest BCUT2D eigenvalue weighted by molar-refractivity contribution is 0.630. The number of rotatable bonds is 6. The molecule has 0 spiro atoms. The molecule has 39 heavy (non-hydrogen) atoms. The molecule has 0 atom stereocenters. The van der Waals surface area contributed by atoms with E-state index in [4.69, 9.17) is 15.1 Å². The molecule has 0 radical (unpaired) electrons. The fourth-order valence-corrected chi connectivity index (χ4v) is 5.85. The highest BCUT2D eigenvalue weighted by molar-refractivity contribution is 5.97. The number of fused-ring (bicyclic) bond motifs is 2. The van der Waals surface area contributed by atoms with Gasteiger partial charge in [-0.15, -0.1) is 0 Å². The Kier molecular flexibility index (Phi) is 6.45. The second kappa shape index (κ2) is 9.95. The number of nitrogens with zero attached hydrogens (tertiary/aromatic N) is 5. The number of benzene rings is 2. The van der Waals surface area contributed by atoms with Crippen molar-refractivity contribution < 1.29 is 4.39 Å². The molecule has 7 heteroatoms. The number of halogens is 1. The summed E-state index contributed by atoms with van der Waals surface area (Å²) in [6.07, 6.45) is 8.20. The molecule has 4 heterocycles. The number of hydrogen-bond acceptors (Lipinski definition) is 4. The molecule has 0 fully saturated rings. The second-order valence-corrected chi connectivity index (χ2v) is 10.8. The van der Waals surface area contributed by atoms with E-state index in [-0.39, 0.29) is 5.82 Å². The zero-order chi connectivity index (χ0) is 27.3. The van der Waals surface area contributed by atoms with Crippen LogP contribution in [0.1, 0.15) is 67.1 Å². The zero-order valence-electron chi connectivity index (χ0n) is 23.3. The maximum atomic E-state index is 16.1. The molecule has 0 unspecified atom stereocenters. The van der Waals surface area contributed by atoms with E-state index < -0.39 is 0 Å². The second-order valence-electron chi connectivity index (χ2n) is 10.8. The summed E-state index contributed by atoms with van der Waals surface area (Å²) in [6, 6.07) is 10.0. The van der Waals surface area contributed by atoms with Crippen LogP contribution in [0, 0.1) is 12.7 Å². The molecule has 0 bridgehead atoms. The van der Waals surface area contributed by atoms with Gasteiger partial charge in [-0.2, -0.15) is 5.10 Å². The number of aromatic nitrogens is 5.